The third-order valence-corrected chi connectivity index (χ3v) is 7.41. The first-order chi connectivity index (χ1) is 16.8. The van der Waals surface area contributed by atoms with E-state index in [1.54, 1.807) is 0 Å². The quantitative estimate of drug-likeness (QED) is 0.388. The predicted molar refractivity (Wildman–Crippen MR) is 140 cm³/mol. The monoisotopic (exact) mass is 470 g/mol. The number of aryl methyl sites for hydroxylation is 3. The van der Waals surface area contributed by atoms with E-state index in [-0.39, 0.29) is 18.2 Å². The largest absolute Gasteiger partial charge is 0.481 e. The third-order valence-electron chi connectivity index (χ3n) is 7.41. The van der Waals surface area contributed by atoms with Gasteiger partial charge in [-0.15, -0.1) is 0 Å². The van der Waals surface area contributed by atoms with Gasteiger partial charge >= 0.3 is 5.97 Å². The van der Waals surface area contributed by atoms with Crippen molar-refractivity contribution in [1.29, 1.82) is 0 Å². The Morgan fingerprint density at radius 3 is 2.40 bits per heavy atom. The number of nitrogens with zero attached hydrogens (tertiary/aromatic N) is 1. The minimum atomic E-state index is -0.819. The van der Waals surface area contributed by atoms with E-state index in [1.807, 2.05) is 38.2 Å². The fourth-order valence-electron chi connectivity index (χ4n) is 5.15. The molecule has 1 amide bonds. The molecule has 182 valence electrons. The van der Waals surface area contributed by atoms with E-state index >= 15 is 0 Å². The number of aliphatic carboxylic acids is 1. The number of carbonyl (C=O) groups is 2. The van der Waals surface area contributed by atoms with Crippen molar-refractivity contribution in [3.05, 3.63) is 82.7 Å². The Morgan fingerprint density at radius 1 is 1.03 bits per heavy atom. The zero-order chi connectivity index (χ0) is 24.9. The Bertz CT molecular complexity index is 1210. The number of carboxylic acid groups (broad SMARTS) is 1. The van der Waals surface area contributed by atoms with Crippen molar-refractivity contribution >= 4 is 17.6 Å². The summed E-state index contributed by atoms with van der Waals surface area (Å²) in [4.78, 5) is 29.2. The number of hydrogen-bond donors (Lipinski definition) is 2. The molecule has 1 aliphatic rings. The number of aromatic nitrogens is 1. The fraction of sp³-hybridized carbons (Fsp3) is 0.367. The van der Waals surface area contributed by atoms with E-state index < -0.39 is 5.97 Å². The van der Waals surface area contributed by atoms with Gasteiger partial charge in [0.2, 0.25) is 5.91 Å². The summed E-state index contributed by atoms with van der Waals surface area (Å²) in [5, 5.41) is 12.2. The standard InChI is InChI=1S/C30H34N2O3/c1-19-17-26(18-31-21(19)3)23-11-13-25(14-12-23)29(24-7-4-5-8-24)30(35)32-27-10-6-9-22(20(27)2)15-16-28(33)34/h6,9-14,17-18,24,29H,4-5,7-8,15-16H2,1-3H3,(H,32,35)(H,33,34)/t29-/m1/s1. The second-order valence-electron chi connectivity index (χ2n) is 9.74. The molecule has 1 heterocycles. The molecule has 2 N–H and O–H groups in total. The van der Waals surface area contributed by atoms with Gasteiger partial charge in [-0.2, -0.15) is 0 Å². The lowest BCUT2D eigenvalue weighted by atomic mass is 9.83. The first-order valence-electron chi connectivity index (χ1n) is 12.5. The SMILES string of the molecule is Cc1cc(-c2ccc([C@H](C(=O)Nc3cccc(CCC(=O)O)c3C)C3CCCC3)cc2)cnc1C. The van der Waals surface area contributed by atoms with Gasteiger partial charge in [-0.3, -0.25) is 14.6 Å². The van der Waals surface area contributed by atoms with E-state index in [2.05, 4.69) is 47.6 Å². The summed E-state index contributed by atoms with van der Waals surface area (Å²) >= 11 is 0. The Labute approximate surface area is 207 Å². The summed E-state index contributed by atoms with van der Waals surface area (Å²) in [6.45, 7) is 6.03. The Kier molecular flexibility index (Phi) is 7.64. The molecule has 1 atom stereocenters. The zero-order valence-corrected chi connectivity index (χ0v) is 20.8. The summed E-state index contributed by atoms with van der Waals surface area (Å²) in [5.41, 5.74) is 8.06. The van der Waals surface area contributed by atoms with Crippen LogP contribution in [0.25, 0.3) is 11.1 Å². The van der Waals surface area contributed by atoms with Crippen LogP contribution in [0.2, 0.25) is 0 Å². The van der Waals surface area contributed by atoms with Crippen molar-refractivity contribution in [1.82, 2.24) is 4.98 Å². The first kappa shape index (κ1) is 24.6. The minimum absolute atomic E-state index is 0.0102. The van der Waals surface area contributed by atoms with Crippen LogP contribution in [0.4, 0.5) is 5.69 Å². The van der Waals surface area contributed by atoms with Crippen LogP contribution in [0.15, 0.2) is 54.7 Å². The highest BCUT2D eigenvalue weighted by Gasteiger charge is 2.32. The van der Waals surface area contributed by atoms with Crippen molar-refractivity contribution < 1.29 is 14.7 Å². The lowest BCUT2D eigenvalue weighted by Crippen LogP contribution is -2.27. The smallest absolute Gasteiger partial charge is 0.303 e. The third kappa shape index (κ3) is 5.79. The lowest BCUT2D eigenvalue weighted by Gasteiger charge is -2.24. The van der Waals surface area contributed by atoms with Crippen molar-refractivity contribution in [2.45, 2.75) is 65.2 Å². The van der Waals surface area contributed by atoms with Crippen LogP contribution in [0, 0.1) is 26.7 Å². The van der Waals surface area contributed by atoms with E-state index in [0.717, 1.165) is 70.4 Å². The van der Waals surface area contributed by atoms with Crippen LogP contribution in [0.5, 0.6) is 0 Å². The van der Waals surface area contributed by atoms with Crippen LogP contribution in [0.3, 0.4) is 0 Å². The topological polar surface area (TPSA) is 79.3 Å². The average Bonchev–Trinajstić information content (AvgIpc) is 3.36. The molecule has 5 heteroatoms. The van der Waals surface area contributed by atoms with Crippen LogP contribution in [-0.2, 0) is 16.0 Å². The van der Waals surface area contributed by atoms with Crippen LogP contribution < -0.4 is 5.32 Å². The van der Waals surface area contributed by atoms with Crippen molar-refractivity contribution in [2.24, 2.45) is 5.92 Å². The Balaban J connectivity index is 1.58. The molecular formula is C30H34N2O3. The molecule has 1 aromatic heterocycles. The maximum Gasteiger partial charge on any atom is 0.303 e. The minimum Gasteiger partial charge on any atom is -0.481 e. The number of nitrogens with one attached hydrogen (secondary N) is 1. The normalized spacial score (nSPS) is 14.6. The predicted octanol–water partition coefficient (Wildman–Crippen LogP) is 6.60. The van der Waals surface area contributed by atoms with Gasteiger partial charge in [0.15, 0.2) is 0 Å². The maximum atomic E-state index is 13.7. The van der Waals surface area contributed by atoms with Gasteiger partial charge in [0.25, 0.3) is 0 Å². The number of hydrogen-bond acceptors (Lipinski definition) is 3. The van der Waals surface area contributed by atoms with Crippen LogP contribution >= 0.6 is 0 Å². The number of carboxylic acids is 1. The number of amides is 1. The molecule has 0 bridgehead atoms. The highest BCUT2D eigenvalue weighted by Crippen LogP contribution is 2.39. The van der Waals surface area contributed by atoms with Crippen LogP contribution in [0.1, 0.15) is 66.0 Å². The number of anilines is 1. The fourth-order valence-corrected chi connectivity index (χ4v) is 5.15. The summed E-state index contributed by atoms with van der Waals surface area (Å²) in [5.74, 6) is -0.706. The van der Waals surface area contributed by atoms with E-state index in [0.29, 0.717) is 12.3 Å². The number of carbonyl (C=O) groups excluding carboxylic acids is 1. The molecule has 0 radical (unpaired) electrons. The molecule has 1 saturated carbocycles. The molecular weight excluding hydrogens is 436 g/mol. The van der Waals surface area contributed by atoms with E-state index in [4.69, 9.17) is 5.11 Å². The molecule has 4 rings (SSSR count). The average molecular weight is 471 g/mol. The molecule has 0 aliphatic heterocycles. The molecule has 0 unspecified atom stereocenters. The summed E-state index contributed by atoms with van der Waals surface area (Å²) in [7, 11) is 0. The van der Waals surface area contributed by atoms with Gasteiger partial charge in [-0.05, 0) is 85.9 Å². The number of benzene rings is 2. The molecule has 5 nitrogen and oxygen atoms in total. The van der Waals surface area contributed by atoms with Crippen molar-refractivity contribution in [2.75, 3.05) is 5.32 Å². The molecule has 0 spiro atoms. The zero-order valence-electron chi connectivity index (χ0n) is 20.8. The Morgan fingerprint density at radius 2 is 1.74 bits per heavy atom. The number of rotatable bonds is 8. The lowest BCUT2D eigenvalue weighted by molar-refractivity contribution is -0.137. The molecule has 35 heavy (non-hydrogen) atoms. The highest BCUT2D eigenvalue weighted by molar-refractivity contribution is 5.97. The molecule has 1 aliphatic carbocycles. The van der Waals surface area contributed by atoms with Gasteiger partial charge in [0, 0.05) is 29.6 Å². The number of pyridine rings is 1. The Hall–Kier alpha value is -3.47. The maximum absolute atomic E-state index is 13.7. The van der Waals surface area contributed by atoms with Gasteiger partial charge in [-0.1, -0.05) is 49.2 Å². The second kappa shape index (κ2) is 10.9. The van der Waals surface area contributed by atoms with E-state index in [9.17, 15) is 9.59 Å². The molecule has 1 fully saturated rings. The van der Waals surface area contributed by atoms with Crippen LogP contribution in [-0.4, -0.2) is 22.0 Å². The summed E-state index contributed by atoms with van der Waals surface area (Å²) in [6, 6.07) is 16.2. The first-order valence-corrected chi connectivity index (χ1v) is 12.5. The van der Waals surface area contributed by atoms with Crippen molar-refractivity contribution in [3.63, 3.8) is 0 Å². The van der Waals surface area contributed by atoms with Gasteiger partial charge in [0.05, 0.1) is 5.92 Å². The van der Waals surface area contributed by atoms with Gasteiger partial charge < -0.3 is 10.4 Å². The summed E-state index contributed by atoms with van der Waals surface area (Å²) in [6.07, 6.45) is 6.85. The molecule has 0 saturated heterocycles. The highest BCUT2D eigenvalue weighted by atomic mass is 16.4. The second-order valence-corrected chi connectivity index (χ2v) is 9.74. The van der Waals surface area contributed by atoms with Gasteiger partial charge in [-0.25, -0.2) is 0 Å². The molecule has 3 aromatic rings. The van der Waals surface area contributed by atoms with Crippen molar-refractivity contribution in [3.8, 4) is 11.1 Å². The summed E-state index contributed by atoms with van der Waals surface area (Å²) < 4.78 is 0. The molecule has 2 aromatic carbocycles. The van der Waals surface area contributed by atoms with Gasteiger partial charge in [0.1, 0.15) is 0 Å². The van der Waals surface area contributed by atoms with E-state index in [1.165, 1.54) is 0 Å².